The highest BCUT2D eigenvalue weighted by molar-refractivity contribution is 5.88. The first-order valence-corrected chi connectivity index (χ1v) is 9.95. The molecule has 1 fully saturated rings. The van der Waals surface area contributed by atoms with E-state index < -0.39 is 6.09 Å². The van der Waals surface area contributed by atoms with Crippen LogP contribution in [0.1, 0.15) is 37.8 Å². The molecular formula is C21H22N8O2. The van der Waals surface area contributed by atoms with E-state index in [2.05, 4.69) is 30.1 Å². The van der Waals surface area contributed by atoms with E-state index >= 15 is 0 Å². The topological polar surface area (TPSA) is 102 Å². The van der Waals surface area contributed by atoms with Gasteiger partial charge in [-0.25, -0.2) is 19.5 Å². The Kier molecular flexibility index (Phi) is 5.49. The van der Waals surface area contributed by atoms with Crippen LogP contribution < -0.4 is 10.2 Å². The van der Waals surface area contributed by atoms with Crippen LogP contribution in [0.15, 0.2) is 36.8 Å². The first-order chi connectivity index (χ1) is 15.0. The van der Waals surface area contributed by atoms with E-state index in [0.29, 0.717) is 24.1 Å². The lowest BCUT2D eigenvalue weighted by molar-refractivity contribution is 0.178. The highest BCUT2D eigenvalue weighted by atomic mass is 16.6. The van der Waals surface area contributed by atoms with Crippen molar-refractivity contribution >= 4 is 23.7 Å². The van der Waals surface area contributed by atoms with Gasteiger partial charge < -0.3 is 14.6 Å². The number of aromatic nitrogens is 5. The van der Waals surface area contributed by atoms with Crippen LogP contribution in [0.2, 0.25) is 0 Å². The monoisotopic (exact) mass is 418 g/mol. The van der Waals surface area contributed by atoms with E-state index in [1.54, 1.807) is 25.4 Å². The standard InChI is InChI=1S/C21H22N8O2/c1-5-16-11-31-21(30)29(16)20-26-14(3)25-19(27-20)24-13(2)18-10-28(12-23-18)17-8-6-15(22-4)7-9-17/h6-10,12-13,16H,5,11H2,1-3H3,(H,24,25,26,27)/t13-,16-/m0/s1. The van der Waals surface area contributed by atoms with Crippen LogP contribution in [0.25, 0.3) is 10.5 Å². The number of rotatable bonds is 6. The zero-order chi connectivity index (χ0) is 22.0. The zero-order valence-corrected chi connectivity index (χ0v) is 17.5. The van der Waals surface area contributed by atoms with Crippen molar-refractivity contribution in [1.29, 1.82) is 0 Å². The van der Waals surface area contributed by atoms with Gasteiger partial charge in [0.15, 0.2) is 5.69 Å². The third-order valence-corrected chi connectivity index (χ3v) is 5.05. The predicted molar refractivity (Wildman–Crippen MR) is 114 cm³/mol. The number of amides is 1. The van der Waals surface area contributed by atoms with Gasteiger partial charge in [0, 0.05) is 11.9 Å². The van der Waals surface area contributed by atoms with E-state index in [1.807, 2.05) is 36.7 Å². The molecule has 0 aliphatic carbocycles. The average Bonchev–Trinajstić information content (AvgIpc) is 3.40. The lowest BCUT2D eigenvalue weighted by atomic mass is 10.2. The number of aryl methyl sites for hydroxylation is 1. The highest BCUT2D eigenvalue weighted by Gasteiger charge is 2.35. The fourth-order valence-electron chi connectivity index (χ4n) is 3.32. The number of cyclic esters (lactones) is 1. The van der Waals surface area contributed by atoms with Crippen LogP contribution in [-0.2, 0) is 4.74 Å². The number of benzene rings is 1. The Bertz CT molecular complexity index is 1140. The molecule has 1 amide bonds. The maximum Gasteiger partial charge on any atom is 0.417 e. The van der Waals surface area contributed by atoms with Crippen LogP contribution in [0.4, 0.5) is 22.4 Å². The maximum atomic E-state index is 12.1. The van der Waals surface area contributed by atoms with Crippen LogP contribution in [0.3, 0.4) is 0 Å². The number of imidazole rings is 1. The number of carbonyl (C=O) groups is 1. The van der Waals surface area contributed by atoms with Gasteiger partial charge >= 0.3 is 6.09 Å². The molecule has 1 aliphatic rings. The van der Waals surface area contributed by atoms with Crippen LogP contribution >= 0.6 is 0 Å². The van der Waals surface area contributed by atoms with Crippen LogP contribution in [0, 0.1) is 13.5 Å². The second-order valence-corrected chi connectivity index (χ2v) is 7.22. The van der Waals surface area contributed by atoms with Gasteiger partial charge in [0.05, 0.1) is 30.7 Å². The fourth-order valence-corrected chi connectivity index (χ4v) is 3.32. The smallest absolute Gasteiger partial charge is 0.417 e. The first kappa shape index (κ1) is 20.3. The van der Waals surface area contributed by atoms with E-state index in [0.717, 1.165) is 17.8 Å². The maximum absolute atomic E-state index is 12.1. The molecule has 0 saturated carbocycles. The molecule has 1 saturated heterocycles. The molecule has 0 radical (unpaired) electrons. The molecule has 10 heteroatoms. The molecule has 4 rings (SSSR count). The minimum absolute atomic E-state index is 0.0930. The summed E-state index contributed by atoms with van der Waals surface area (Å²) in [5.74, 6) is 1.14. The predicted octanol–water partition coefficient (Wildman–Crippen LogP) is 3.82. The van der Waals surface area contributed by atoms with Crippen LogP contribution in [0.5, 0.6) is 0 Å². The van der Waals surface area contributed by atoms with E-state index in [1.165, 1.54) is 4.90 Å². The van der Waals surface area contributed by atoms with Gasteiger partial charge in [0.2, 0.25) is 11.9 Å². The molecule has 1 N–H and O–H groups in total. The zero-order valence-electron chi connectivity index (χ0n) is 17.5. The lowest BCUT2D eigenvalue weighted by Crippen LogP contribution is -2.34. The van der Waals surface area contributed by atoms with Gasteiger partial charge in [-0.3, -0.25) is 0 Å². The second kappa shape index (κ2) is 8.39. The van der Waals surface area contributed by atoms with Gasteiger partial charge in [-0.2, -0.15) is 15.0 Å². The summed E-state index contributed by atoms with van der Waals surface area (Å²) in [5, 5.41) is 3.24. The van der Waals surface area contributed by atoms with Crippen molar-refractivity contribution in [2.45, 2.75) is 39.3 Å². The molecule has 3 heterocycles. The summed E-state index contributed by atoms with van der Waals surface area (Å²) in [7, 11) is 0. The van der Waals surface area contributed by atoms with Crippen molar-refractivity contribution < 1.29 is 9.53 Å². The fraction of sp³-hybridized carbons (Fsp3) is 0.333. The summed E-state index contributed by atoms with van der Waals surface area (Å²) in [6, 6.07) is 7.00. The van der Waals surface area contributed by atoms with Gasteiger partial charge in [-0.05, 0) is 32.4 Å². The number of hydrogen-bond donors (Lipinski definition) is 1. The Labute approximate surface area is 179 Å². The second-order valence-electron chi connectivity index (χ2n) is 7.22. The minimum Gasteiger partial charge on any atom is -0.447 e. The summed E-state index contributed by atoms with van der Waals surface area (Å²) >= 11 is 0. The normalized spacial score (nSPS) is 16.6. The van der Waals surface area contributed by atoms with Crippen molar-refractivity contribution in [3.05, 3.63) is 59.7 Å². The summed E-state index contributed by atoms with van der Waals surface area (Å²) in [6.45, 7) is 13.1. The molecular weight excluding hydrogens is 396 g/mol. The Morgan fingerprint density at radius 1 is 1.29 bits per heavy atom. The first-order valence-electron chi connectivity index (χ1n) is 9.95. The Hall–Kier alpha value is -4.00. The third kappa shape index (κ3) is 4.16. The summed E-state index contributed by atoms with van der Waals surface area (Å²) in [5.41, 5.74) is 2.29. The number of hydrogen-bond acceptors (Lipinski definition) is 7. The van der Waals surface area contributed by atoms with Gasteiger partial charge in [0.1, 0.15) is 12.4 Å². The van der Waals surface area contributed by atoms with E-state index in [4.69, 9.17) is 11.3 Å². The van der Waals surface area contributed by atoms with Gasteiger partial charge in [0.25, 0.3) is 0 Å². The largest absolute Gasteiger partial charge is 0.447 e. The van der Waals surface area contributed by atoms with Crippen molar-refractivity contribution in [1.82, 2.24) is 24.5 Å². The van der Waals surface area contributed by atoms with Crippen molar-refractivity contribution in [2.75, 3.05) is 16.8 Å². The molecule has 10 nitrogen and oxygen atoms in total. The van der Waals surface area contributed by atoms with Gasteiger partial charge in [-0.1, -0.05) is 19.1 Å². The number of nitrogens with one attached hydrogen (secondary N) is 1. The van der Waals surface area contributed by atoms with Crippen LogP contribution in [-0.4, -0.2) is 43.2 Å². The molecule has 1 aliphatic heterocycles. The summed E-state index contributed by atoms with van der Waals surface area (Å²) < 4.78 is 7.04. The van der Waals surface area contributed by atoms with Gasteiger partial charge in [-0.15, -0.1) is 0 Å². The summed E-state index contributed by atoms with van der Waals surface area (Å²) in [4.78, 5) is 34.6. The van der Waals surface area contributed by atoms with Crippen molar-refractivity contribution in [2.24, 2.45) is 0 Å². The molecule has 3 aromatic rings. The minimum atomic E-state index is -0.445. The molecule has 158 valence electrons. The average molecular weight is 418 g/mol. The number of anilines is 2. The molecule has 0 spiro atoms. The molecule has 0 bridgehead atoms. The molecule has 0 unspecified atom stereocenters. The molecule has 31 heavy (non-hydrogen) atoms. The lowest BCUT2D eigenvalue weighted by Gasteiger charge is -2.19. The molecule has 1 aromatic carbocycles. The number of ether oxygens (including phenoxy) is 1. The Morgan fingerprint density at radius 2 is 2.06 bits per heavy atom. The Morgan fingerprint density at radius 3 is 2.77 bits per heavy atom. The quantitative estimate of drug-likeness (QED) is 0.607. The number of nitrogens with zero attached hydrogens (tertiary/aromatic N) is 7. The highest BCUT2D eigenvalue weighted by Crippen LogP contribution is 2.24. The summed E-state index contributed by atoms with van der Waals surface area (Å²) in [6.07, 6.45) is 3.92. The van der Waals surface area contributed by atoms with Crippen molar-refractivity contribution in [3.8, 4) is 5.69 Å². The van der Waals surface area contributed by atoms with E-state index in [9.17, 15) is 4.79 Å². The van der Waals surface area contributed by atoms with E-state index in [-0.39, 0.29) is 18.0 Å². The number of carbonyl (C=O) groups excluding carboxylic acids is 1. The Balaban J connectivity index is 1.53. The van der Waals surface area contributed by atoms with Crippen molar-refractivity contribution in [3.63, 3.8) is 0 Å². The SMILES string of the molecule is [C-]#[N+]c1ccc(-n2cnc([C@H](C)Nc3nc(C)nc(N4C(=O)OC[C@@H]4CC)n3)c2)cc1. The molecule has 2 aromatic heterocycles. The molecule has 2 atom stereocenters. The third-order valence-electron chi connectivity index (χ3n) is 5.05.